The molecule has 0 atom stereocenters. The molecule has 21 heavy (non-hydrogen) atoms. The smallest absolute Gasteiger partial charge is 0.228 e. The van der Waals surface area contributed by atoms with E-state index in [-0.39, 0.29) is 18.1 Å². The van der Waals surface area contributed by atoms with E-state index in [1.54, 1.807) is 12.1 Å². The second-order valence-corrected chi connectivity index (χ2v) is 4.83. The fourth-order valence-corrected chi connectivity index (χ4v) is 2.01. The molecule has 0 aliphatic carbocycles. The summed E-state index contributed by atoms with van der Waals surface area (Å²) >= 11 is 0. The summed E-state index contributed by atoms with van der Waals surface area (Å²) in [6, 6.07) is 13.8. The normalized spacial score (nSPS) is 10.4. The van der Waals surface area contributed by atoms with Crippen LogP contribution in [0.25, 0.3) is 0 Å². The van der Waals surface area contributed by atoms with E-state index in [0.717, 1.165) is 18.8 Å². The predicted octanol–water partition coefficient (Wildman–Crippen LogP) is 3.12. The van der Waals surface area contributed by atoms with Gasteiger partial charge in [0.05, 0.1) is 6.42 Å². The standard InChI is InChI=1S/C17H19FN2O/c1-2-19-12-13-6-8-16(9-7-13)20-17(21)11-14-4-3-5-15(18)10-14/h3-10,19H,2,11-12H2,1H3,(H,20,21). The summed E-state index contributed by atoms with van der Waals surface area (Å²) in [5, 5.41) is 6.05. The number of carbonyl (C=O) groups is 1. The molecule has 0 aliphatic rings. The molecule has 0 fully saturated rings. The summed E-state index contributed by atoms with van der Waals surface area (Å²) < 4.78 is 13.1. The number of benzene rings is 2. The molecule has 4 heteroatoms. The number of halogens is 1. The lowest BCUT2D eigenvalue weighted by molar-refractivity contribution is -0.115. The summed E-state index contributed by atoms with van der Waals surface area (Å²) in [5.74, 6) is -0.479. The van der Waals surface area contributed by atoms with Crippen molar-refractivity contribution in [3.8, 4) is 0 Å². The molecule has 2 aromatic rings. The Labute approximate surface area is 124 Å². The van der Waals surface area contributed by atoms with Gasteiger partial charge in [-0.1, -0.05) is 31.2 Å². The van der Waals surface area contributed by atoms with Gasteiger partial charge in [-0.25, -0.2) is 4.39 Å². The molecule has 2 N–H and O–H groups in total. The number of hydrogen-bond donors (Lipinski definition) is 2. The van der Waals surface area contributed by atoms with Crippen molar-refractivity contribution in [3.05, 3.63) is 65.5 Å². The molecule has 0 aromatic heterocycles. The average Bonchev–Trinajstić information content (AvgIpc) is 2.46. The number of rotatable bonds is 6. The summed E-state index contributed by atoms with van der Waals surface area (Å²) in [5.41, 5.74) is 2.58. The van der Waals surface area contributed by atoms with Gasteiger partial charge in [0.25, 0.3) is 0 Å². The molecule has 110 valence electrons. The molecule has 0 radical (unpaired) electrons. The molecule has 1 amide bonds. The SMILES string of the molecule is CCNCc1ccc(NC(=O)Cc2cccc(F)c2)cc1. The Bertz CT molecular complexity index is 596. The molecule has 0 saturated heterocycles. The van der Waals surface area contributed by atoms with Crippen LogP contribution < -0.4 is 10.6 Å². The van der Waals surface area contributed by atoms with E-state index in [1.165, 1.54) is 17.7 Å². The fraction of sp³-hybridized carbons (Fsp3) is 0.235. The Kier molecular flexibility index (Phi) is 5.46. The first-order valence-electron chi connectivity index (χ1n) is 7.01. The molecular weight excluding hydrogens is 267 g/mol. The second-order valence-electron chi connectivity index (χ2n) is 4.83. The topological polar surface area (TPSA) is 41.1 Å². The summed E-state index contributed by atoms with van der Waals surface area (Å²) in [4.78, 5) is 11.9. The third-order valence-electron chi connectivity index (χ3n) is 3.07. The predicted molar refractivity (Wildman–Crippen MR) is 82.6 cm³/mol. The minimum absolute atomic E-state index is 0.153. The van der Waals surface area contributed by atoms with E-state index in [4.69, 9.17) is 0 Å². The second kappa shape index (κ2) is 7.55. The van der Waals surface area contributed by atoms with Crippen LogP contribution in [-0.2, 0) is 17.8 Å². The largest absolute Gasteiger partial charge is 0.326 e. The van der Waals surface area contributed by atoms with E-state index in [9.17, 15) is 9.18 Å². The lowest BCUT2D eigenvalue weighted by Crippen LogP contribution is -2.15. The maximum absolute atomic E-state index is 13.1. The molecule has 0 spiro atoms. The molecule has 2 aromatic carbocycles. The minimum Gasteiger partial charge on any atom is -0.326 e. The molecule has 0 bridgehead atoms. The molecule has 0 heterocycles. The maximum atomic E-state index is 13.1. The van der Waals surface area contributed by atoms with E-state index in [2.05, 4.69) is 17.6 Å². The van der Waals surface area contributed by atoms with Crippen LogP contribution in [0.15, 0.2) is 48.5 Å². The van der Waals surface area contributed by atoms with Gasteiger partial charge in [0.1, 0.15) is 5.82 Å². The van der Waals surface area contributed by atoms with Crippen molar-refractivity contribution in [3.63, 3.8) is 0 Å². The van der Waals surface area contributed by atoms with Gasteiger partial charge in [-0.2, -0.15) is 0 Å². The van der Waals surface area contributed by atoms with E-state index < -0.39 is 0 Å². The first-order valence-corrected chi connectivity index (χ1v) is 7.01. The van der Waals surface area contributed by atoms with Crippen LogP contribution >= 0.6 is 0 Å². The summed E-state index contributed by atoms with van der Waals surface area (Å²) in [7, 11) is 0. The fourth-order valence-electron chi connectivity index (χ4n) is 2.01. The number of nitrogens with one attached hydrogen (secondary N) is 2. The quantitative estimate of drug-likeness (QED) is 0.856. The monoisotopic (exact) mass is 286 g/mol. The Morgan fingerprint density at radius 2 is 1.86 bits per heavy atom. The van der Waals surface area contributed by atoms with Gasteiger partial charge in [-0.15, -0.1) is 0 Å². The van der Waals surface area contributed by atoms with Gasteiger partial charge in [0, 0.05) is 12.2 Å². The van der Waals surface area contributed by atoms with Crippen molar-refractivity contribution in [2.24, 2.45) is 0 Å². The van der Waals surface area contributed by atoms with Gasteiger partial charge in [-0.3, -0.25) is 4.79 Å². The Balaban J connectivity index is 1.90. The molecule has 0 unspecified atom stereocenters. The van der Waals surface area contributed by atoms with E-state index in [1.807, 2.05) is 24.3 Å². The first kappa shape index (κ1) is 15.2. The van der Waals surface area contributed by atoms with Gasteiger partial charge in [0.15, 0.2) is 0 Å². The average molecular weight is 286 g/mol. The zero-order valence-electron chi connectivity index (χ0n) is 12.0. The molecule has 2 rings (SSSR count). The van der Waals surface area contributed by atoms with Crippen molar-refractivity contribution >= 4 is 11.6 Å². The van der Waals surface area contributed by atoms with E-state index in [0.29, 0.717) is 5.56 Å². The number of anilines is 1. The highest BCUT2D eigenvalue weighted by Gasteiger charge is 2.05. The third-order valence-corrected chi connectivity index (χ3v) is 3.07. The van der Waals surface area contributed by atoms with Gasteiger partial charge in [0.2, 0.25) is 5.91 Å². The Morgan fingerprint density at radius 3 is 2.52 bits per heavy atom. The van der Waals surface area contributed by atoms with Crippen LogP contribution in [0.3, 0.4) is 0 Å². The summed E-state index contributed by atoms with van der Waals surface area (Å²) in [6.07, 6.45) is 0.164. The first-order chi connectivity index (χ1) is 10.2. The Hall–Kier alpha value is -2.20. The van der Waals surface area contributed by atoms with Crippen LogP contribution in [0.4, 0.5) is 10.1 Å². The van der Waals surface area contributed by atoms with E-state index >= 15 is 0 Å². The highest BCUT2D eigenvalue weighted by atomic mass is 19.1. The Morgan fingerprint density at radius 1 is 1.10 bits per heavy atom. The zero-order valence-corrected chi connectivity index (χ0v) is 12.0. The lowest BCUT2D eigenvalue weighted by Gasteiger charge is -2.07. The van der Waals surface area contributed by atoms with Gasteiger partial charge < -0.3 is 10.6 Å². The van der Waals surface area contributed by atoms with Gasteiger partial charge in [-0.05, 0) is 41.9 Å². The molecular formula is C17H19FN2O. The number of carbonyl (C=O) groups excluding carboxylic acids is 1. The molecule has 3 nitrogen and oxygen atoms in total. The van der Waals surface area contributed by atoms with Crippen molar-refractivity contribution < 1.29 is 9.18 Å². The number of amides is 1. The zero-order chi connectivity index (χ0) is 15.1. The van der Waals surface area contributed by atoms with Crippen molar-refractivity contribution in [2.75, 3.05) is 11.9 Å². The van der Waals surface area contributed by atoms with Crippen LogP contribution in [0.5, 0.6) is 0 Å². The maximum Gasteiger partial charge on any atom is 0.228 e. The van der Waals surface area contributed by atoms with Crippen LogP contribution in [0.1, 0.15) is 18.1 Å². The highest BCUT2D eigenvalue weighted by molar-refractivity contribution is 5.92. The van der Waals surface area contributed by atoms with Crippen molar-refractivity contribution in [1.29, 1.82) is 0 Å². The van der Waals surface area contributed by atoms with Crippen LogP contribution in [-0.4, -0.2) is 12.5 Å². The summed E-state index contributed by atoms with van der Waals surface area (Å²) in [6.45, 7) is 3.79. The molecule has 0 aliphatic heterocycles. The third kappa shape index (κ3) is 5.00. The van der Waals surface area contributed by atoms with Crippen molar-refractivity contribution in [2.45, 2.75) is 19.9 Å². The van der Waals surface area contributed by atoms with Crippen molar-refractivity contribution in [1.82, 2.24) is 5.32 Å². The van der Waals surface area contributed by atoms with Crippen LogP contribution in [0, 0.1) is 5.82 Å². The minimum atomic E-state index is -0.326. The lowest BCUT2D eigenvalue weighted by atomic mass is 10.1. The van der Waals surface area contributed by atoms with Crippen LogP contribution in [0.2, 0.25) is 0 Å². The van der Waals surface area contributed by atoms with Gasteiger partial charge >= 0.3 is 0 Å². The molecule has 0 saturated carbocycles. The highest BCUT2D eigenvalue weighted by Crippen LogP contribution is 2.11. The number of hydrogen-bond acceptors (Lipinski definition) is 2.